The maximum absolute atomic E-state index is 3.68. The summed E-state index contributed by atoms with van der Waals surface area (Å²) in [5.41, 5.74) is 0. The Hall–Kier alpha value is -0.120. The predicted octanol–water partition coefficient (Wildman–Crippen LogP) is 1.26. The standard InChI is InChI=1S/C13H29N3/c1-11(2)13(4)14-12(3)10-16-8-6-15(5)7-9-16/h11-14H,6-10H2,1-5H3. The maximum atomic E-state index is 3.68. The van der Waals surface area contributed by atoms with Crippen LogP contribution in [0.1, 0.15) is 27.7 Å². The van der Waals surface area contributed by atoms with Gasteiger partial charge in [0.15, 0.2) is 0 Å². The molecule has 0 bridgehead atoms. The van der Waals surface area contributed by atoms with E-state index in [4.69, 9.17) is 0 Å². The zero-order valence-electron chi connectivity index (χ0n) is 11.7. The minimum atomic E-state index is 0.598. The van der Waals surface area contributed by atoms with Crippen LogP contribution in [0.25, 0.3) is 0 Å². The summed E-state index contributed by atoms with van der Waals surface area (Å²) in [4.78, 5) is 4.98. The van der Waals surface area contributed by atoms with Crippen molar-refractivity contribution in [1.82, 2.24) is 15.1 Å². The fourth-order valence-electron chi connectivity index (χ4n) is 2.11. The highest BCUT2D eigenvalue weighted by atomic mass is 15.3. The van der Waals surface area contributed by atoms with Crippen molar-refractivity contribution < 1.29 is 0 Å². The van der Waals surface area contributed by atoms with Gasteiger partial charge in [0.25, 0.3) is 0 Å². The molecule has 1 rings (SSSR count). The maximum Gasteiger partial charge on any atom is 0.0169 e. The van der Waals surface area contributed by atoms with Crippen LogP contribution in [-0.2, 0) is 0 Å². The molecular weight excluding hydrogens is 198 g/mol. The Kier molecular flexibility index (Phi) is 5.73. The first-order valence-electron chi connectivity index (χ1n) is 6.66. The van der Waals surface area contributed by atoms with Gasteiger partial charge in [0.1, 0.15) is 0 Å². The molecule has 3 nitrogen and oxygen atoms in total. The molecule has 0 aromatic carbocycles. The molecular formula is C13H29N3. The van der Waals surface area contributed by atoms with E-state index < -0.39 is 0 Å². The van der Waals surface area contributed by atoms with E-state index in [-0.39, 0.29) is 0 Å². The summed E-state index contributed by atoms with van der Waals surface area (Å²) in [6, 6.07) is 1.21. The van der Waals surface area contributed by atoms with E-state index in [1.165, 1.54) is 32.7 Å². The van der Waals surface area contributed by atoms with Gasteiger partial charge in [0, 0.05) is 44.8 Å². The number of rotatable bonds is 5. The van der Waals surface area contributed by atoms with E-state index in [1.54, 1.807) is 0 Å². The summed E-state index contributed by atoms with van der Waals surface area (Å²) >= 11 is 0. The van der Waals surface area contributed by atoms with Crippen molar-refractivity contribution in [3.63, 3.8) is 0 Å². The molecule has 0 aromatic heterocycles. The van der Waals surface area contributed by atoms with Gasteiger partial charge in [0.2, 0.25) is 0 Å². The molecule has 96 valence electrons. The largest absolute Gasteiger partial charge is 0.310 e. The van der Waals surface area contributed by atoms with Gasteiger partial charge in [0.05, 0.1) is 0 Å². The van der Waals surface area contributed by atoms with Crippen LogP contribution >= 0.6 is 0 Å². The molecule has 1 heterocycles. The molecule has 0 spiro atoms. The first kappa shape index (κ1) is 13.9. The molecule has 0 aromatic rings. The van der Waals surface area contributed by atoms with Crippen LogP contribution in [0.2, 0.25) is 0 Å². The summed E-state index contributed by atoms with van der Waals surface area (Å²) in [6.45, 7) is 15.2. The van der Waals surface area contributed by atoms with Crippen molar-refractivity contribution in [2.45, 2.75) is 39.8 Å². The number of likely N-dealkylation sites (N-methyl/N-ethyl adjacent to an activating group) is 1. The summed E-state index contributed by atoms with van der Waals surface area (Å²) in [5.74, 6) is 0.718. The number of hydrogen-bond donors (Lipinski definition) is 1. The minimum absolute atomic E-state index is 0.598. The van der Waals surface area contributed by atoms with Gasteiger partial charge >= 0.3 is 0 Å². The topological polar surface area (TPSA) is 18.5 Å². The normalized spacial score (nSPS) is 23.6. The molecule has 1 aliphatic rings. The molecule has 3 heteroatoms. The van der Waals surface area contributed by atoms with Gasteiger partial charge in [-0.15, -0.1) is 0 Å². The van der Waals surface area contributed by atoms with Crippen molar-refractivity contribution in [3.8, 4) is 0 Å². The second kappa shape index (κ2) is 6.58. The predicted molar refractivity (Wildman–Crippen MR) is 70.8 cm³/mol. The third-order valence-corrected chi connectivity index (χ3v) is 3.68. The molecule has 0 amide bonds. The Morgan fingerprint density at radius 2 is 1.56 bits per heavy atom. The first-order valence-corrected chi connectivity index (χ1v) is 6.66. The zero-order valence-corrected chi connectivity index (χ0v) is 11.7. The Labute approximate surface area is 101 Å². The van der Waals surface area contributed by atoms with Gasteiger partial charge in [-0.3, -0.25) is 4.90 Å². The molecule has 1 fully saturated rings. The molecule has 1 saturated heterocycles. The molecule has 2 atom stereocenters. The smallest absolute Gasteiger partial charge is 0.0169 e. The van der Waals surface area contributed by atoms with E-state index in [1.807, 2.05) is 0 Å². The van der Waals surface area contributed by atoms with Gasteiger partial charge in [-0.1, -0.05) is 13.8 Å². The van der Waals surface area contributed by atoms with Crippen LogP contribution in [-0.4, -0.2) is 61.7 Å². The summed E-state index contributed by atoms with van der Waals surface area (Å²) < 4.78 is 0. The van der Waals surface area contributed by atoms with E-state index in [9.17, 15) is 0 Å². The molecule has 2 unspecified atom stereocenters. The molecule has 0 radical (unpaired) electrons. The Morgan fingerprint density at radius 1 is 1.00 bits per heavy atom. The highest BCUT2D eigenvalue weighted by Gasteiger charge is 2.17. The second-order valence-corrected chi connectivity index (χ2v) is 5.70. The van der Waals surface area contributed by atoms with E-state index in [0.29, 0.717) is 12.1 Å². The quantitative estimate of drug-likeness (QED) is 0.763. The molecule has 0 aliphatic carbocycles. The number of hydrogen-bond acceptors (Lipinski definition) is 3. The lowest BCUT2D eigenvalue weighted by atomic mass is 10.1. The van der Waals surface area contributed by atoms with Gasteiger partial charge in [-0.2, -0.15) is 0 Å². The number of nitrogens with one attached hydrogen (secondary N) is 1. The summed E-state index contributed by atoms with van der Waals surface area (Å²) in [6.07, 6.45) is 0. The molecule has 0 saturated carbocycles. The molecule has 16 heavy (non-hydrogen) atoms. The van der Waals surface area contributed by atoms with Crippen LogP contribution in [0.3, 0.4) is 0 Å². The lowest BCUT2D eigenvalue weighted by molar-refractivity contribution is 0.141. The fourth-order valence-corrected chi connectivity index (χ4v) is 2.11. The van der Waals surface area contributed by atoms with Crippen LogP contribution < -0.4 is 5.32 Å². The Balaban J connectivity index is 2.21. The van der Waals surface area contributed by atoms with Crippen LogP contribution in [0.4, 0.5) is 0 Å². The lowest BCUT2D eigenvalue weighted by Gasteiger charge is -2.35. The fraction of sp³-hybridized carbons (Fsp3) is 1.00. The average molecular weight is 227 g/mol. The van der Waals surface area contributed by atoms with E-state index >= 15 is 0 Å². The second-order valence-electron chi connectivity index (χ2n) is 5.70. The van der Waals surface area contributed by atoms with E-state index in [2.05, 4.69) is 49.9 Å². The lowest BCUT2D eigenvalue weighted by Crippen LogP contribution is -2.50. The van der Waals surface area contributed by atoms with Crippen molar-refractivity contribution in [2.75, 3.05) is 39.8 Å². The van der Waals surface area contributed by atoms with Crippen molar-refractivity contribution in [2.24, 2.45) is 5.92 Å². The van der Waals surface area contributed by atoms with Crippen molar-refractivity contribution >= 4 is 0 Å². The summed E-state index contributed by atoms with van der Waals surface area (Å²) in [5, 5.41) is 3.68. The van der Waals surface area contributed by atoms with Crippen LogP contribution in [0, 0.1) is 5.92 Å². The molecule has 1 aliphatic heterocycles. The average Bonchev–Trinajstić information content (AvgIpc) is 2.21. The van der Waals surface area contributed by atoms with Gasteiger partial charge in [-0.05, 0) is 26.8 Å². The highest BCUT2D eigenvalue weighted by Crippen LogP contribution is 2.04. The zero-order chi connectivity index (χ0) is 12.1. The number of nitrogens with zero attached hydrogens (tertiary/aromatic N) is 2. The summed E-state index contributed by atoms with van der Waals surface area (Å²) in [7, 11) is 2.21. The van der Waals surface area contributed by atoms with Crippen LogP contribution in [0.5, 0.6) is 0 Å². The van der Waals surface area contributed by atoms with Crippen molar-refractivity contribution in [1.29, 1.82) is 0 Å². The van der Waals surface area contributed by atoms with Crippen molar-refractivity contribution in [3.05, 3.63) is 0 Å². The Morgan fingerprint density at radius 3 is 2.06 bits per heavy atom. The van der Waals surface area contributed by atoms with Crippen LogP contribution in [0.15, 0.2) is 0 Å². The SMILES string of the molecule is CC(CN1CCN(C)CC1)NC(C)C(C)C. The third kappa shape index (κ3) is 4.81. The Bertz CT molecular complexity index is 186. The van der Waals surface area contributed by atoms with Gasteiger partial charge in [-0.25, -0.2) is 0 Å². The molecule has 1 N–H and O–H groups in total. The van der Waals surface area contributed by atoms with E-state index in [0.717, 1.165) is 5.92 Å². The minimum Gasteiger partial charge on any atom is -0.310 e. The van der Waals surface area contributed by atoms with Gasteiger partial charge < -0.3 is 10.2 Å². The first-order chi connectivity index (χ1) is 7.49. The third-order valence-electron chi connectivity index (χ3n) is 3.68. The monoisotopic (exact) mass is 227 g/mol. The highest BCUT2D eigenvalue weighted by molar-refractivity contribution is 4.76. The number of piperazine rings is 1.